The first-order valence-electron chi connectivity index (χ1n) is 8.02. The minimum atomic E-state index is -0.596. The predicted octanol–water partition coefficient (Wildman–Crippen LogP) is 0.937. The molecule has 3 aromatic rings. The first-order valence-corrected chi connectivity index (χ1v) is 9.63. The molecule has 3 aromatic heterocycles. The number of thiophene rings is 1. The summed E-state index contributed by atoms with van der Waals surface area (Å²) in [5.41, 5.74) is 5.66. The van der Waals surface area contributed by atoms with Crippen LogP contribution in [0.25, 0.3) is 11.2 Å². The summed E-state index contributed by atoms with van der Waals surface area (Å²) < 4.78 is 9.09. The highest BCUT2D eigenvalue weighted by Crippen LogP contribution is 2.33. The number of imidazole rings is 1. The van der Waals surface area contributed by atoms with E-state index in [1.165, 1.54) is 23.2 Å². The van der Waals surface area contributed by atoms with Crippen LogP contribution >= 0.6 is 27.3 Å². The van der Waals surface area contributed by atoms with Crippen LogP contribution in [-0.4, -0.2) is 31.3 Å². The Kier molecular flexibility index (Phi) is 5.14. The Morgan fingerprint density at radius 1 is 1.36 bits per heavy atom. The van der Waals surface area contributed by atoms with Crippen molar-refractivity contribution in [3.05, 3.63) is 41.6 Å². The van der Waals surface area contributed by atoms with Crippen LogP contribution in [0.2, 0.25) is 0 Å². The lowest BCUT2D eigenvalue weighted by Gasteiger charge is -2.10. The normalized spacial score (nSPS) is 11.0. The monoisotopic (exact) mass is 466 g/mol. The van der Waals surface area contributed by atoms with Crippen LogP contribution in [0.1, 0.15) is 27.7 Å². The average Bonchev–Trinajstić information content (AvgIpc) is 3.16. The number of aryl methyl sites for hydroxylation is 1. The Hall–Kier alpha value is -2.91. The van der Waals surface area contributed by atoms with Crippen LogP contribution in [0.15, 0.2) is 14.3 Å². The summed E-state index contributed by atoms with van der Waals surface area (Å²) in [7, 11) is 2.87. The van der Waals surface area contributed by atoms with E-state index < -0.39 is 17.2 Å². The number of anilines is 1. The van der Waals surface area contributed by atoms with Crippen molar-refractivity contribution in [3.63, 3.8) is 0 Å². The molecule has 0 fully saturated rings. The summed E-state index contributed by atoms with van der Waals surface area (Å²) in [4.78, 5) is 41.5. The Morgan fingerprint density at radius 3 is 2.64 bits per heavy atom. The predicted molar refractivity (Wildman–Crippen MR) is 106 cm³/mol. The van der Waals surface area contributed by atoms with E-state index >= 15 is 0 Å². The van der Waals surface area contributed by atoms with Gasteiger partial charge in [-0.15, -0.1) is 11.3 Å². The number of nitrogens with two attached hydrogens (primary N) is 1. The van der Waals surface area contributed by atoms with Crippen molar-refractivity contribution in [1.82, 2.24) is 18.7 Å². The molecule has 0 saturated heterocycles. The van der Waals surface area contributed by atoms with Crippen molar-refractivity contribution in [2.75, 3.05) is 12.3 Å². The van der Waals surface area contributed by atoms with Crippen molar-refractivity contribution in [3.8, 4) is 6.07 Å². The van der Waals surface area contributed by atoms with Crippen LogP contribution in [0.5, 0.6) is 0 Å². The second-order valence-corrected chi connectivity index (χ2v) is 7.59. The van der Waals surface area contributed by atoms with E-state index in [9.17, 15) is 19.6 Å². The van der Waals surface area contributed by atoms with Gasteiger partial charge in [0.1, 0.15) is 15.9 Å². The first-order chi connectivity index (χ1) is 13.2. The number of nitriles is 1. The molecule has 3 rings (SSSR count). The SMILES string of the molecule is CCOC(=O)c1sc(N)c(C#N)c1Cn1c(Br)nc2c(=O)n(C)c(=O)n(C)c21. The third kappa shape index (κ3) is 2.92. The van der Waals surface area contributed by atoms with Gasteiger partial charge >= 0.3 is 11.7 Å². The van der Waals surface area contributed by atoms with Crippen molar-refractivity contribution in [1.29, 1.82) is 5.26 Å². The van der Waals surface area contributed by atoms with E-state index in [0.717, 1.165) is 15.9 Å². The number of carbonyl (C=O) groups is 1. The summed E-state index contributed by atoms with van der Waals surface area (Å²) in [5.74, 6) is -0.596. The zero-order valence-electron chi connectivity index (χ0n) is 15.1. The Balaban J connectivity index is 2.29. The highest BCUT2D eigenvalue weighted by molar-refractivity contribution is 9.10. The summed E-state index contributed by atoms with van der Waals surface area (Å²) in [6, 6.07) is 2.00. The fourth-order valence-electron chi connectivity index (χ4n) is 2.88. The van der Waals surface area contributed by atoms with Gasteiger partial charge in [-0.3, -0.25) is 18.5 Å². The molecule has 0 aliphatic heterocycles. The number of ether oxygens (including phenoxy) is 1. The van der Waals surface area contributed by atoms with Gasteiger partial charge in [-0.05, 0) is 22.9 Å². The molecule has 0 saturated carbocycles. The van der Waals surface area contributed by atoms with Crippen molar-refractivity contribution in [2.24, 2.45) is 14.1 Å². The van der Waals surface area contributed by atoms with Crippen molar-refractivity contribution in [2.45, 2.75) is 13.5 Å². The molecule has 0 atom stereocenters. The second-order valence-electron chi connectivity index (χ2n) is 5.83. The van der Waals surface area contributed by atoms with Crippen molar-refractivity contribution >= 4 is 49.4 Å². The van der Waals surface area contributed by atoms with E-state index in [0.29, 0.717) is 5.56 Å². The number of halogens is 1. The molecule has 0 spiro atoms. The van der Waals surface area contributed by atoms with Gasteiger partial charge in [-0.2, -0.15) is 5.26 Å². The molecule has 0 aliphatic rings. The number of fused-ring (bicyclic) bond motifs is 1. The van der Waals surface area contributed by atoms with Crippen LogP contribution in [0.3, 0.4) is 0 Å². The van der Waals surface area contributed by atoms with Crippen LogP contribution < -0.4 is 17.0 Å². The lowest BCUT2D eigenvalue weighted by Crippen LogP contribution is -2.37. The maximum Gasteiger partial charge on any atom is 0.348 e. The molecule has 2 N–H and O–H groups in total. The zero-order valence-corrected chi connectivity index (χ0v) is 17.5. The van der Waals surface area contributed by atoms with Gasteiger partial charge in [-0.1, -0.05) is 0 Å². The molecular formula is C16H15BrN6O4S. The Morgan fingerprint density at radius 2 is 2.04 bits per heavy atom. The number of rotatable bonds is 4. The van der Waals surface area contributed by atoms with Crippen molar-refractivity contribution < 1.29 is 9.53 Å². The molecule has 12 heteroatoms. The number of hydrogen-bond donors (Lipinski definition) is 1. The van der Waals surface area contributed by atoms with Gasteiger partial charge in [0.15, 0.2) is 15.9 Å². The van der Waals surface area contributed by atoms with E-state index in [1.807, 2.05) is 6.07 Å². The third-order valence-corrected chi connectivity index (χ3v) is 5.86. The van der Waals surface area contributed by atoms with Crippen LogP contribution in [-0.2, 0) is 25.4 Å². The fraction of sp³-hybridized carbons (Fsp3) is 0.312. The van der Waals surface area contributed by atoms with E-state index in [-0.39, 0.29) is 44.5 Å². The molecular weight excluding hydrogens is 452 g/mol. The lowest BCUT2D eigenvalue weighted by molar-refractivity contribution is 0.0531. The number of nitrogens with zero attached hydrogens (tertiary/aromatic N) is 5. The number of carbonyl (C=O) groups excluding carboxylic acids is 1. The van der Waals surface area contributed by atoms with Gasteiger partial charge in [0.2, 0.25) is 0 Å². The molecule has 0 bridgehead atoms. The molecule has 0 aliphatic carbocycles. The third-order valence-electron chi connectivity index (χ3n) is 4.22. The molecule has 0 aromatic carbocycles. The van der Waals surface area contributed by atoms with E-state index in [4.69, 9.17) is 10.5 Å². The molecule has 10 nitrogen and oxygen atoms in total. The van der Waals surface area contributed by atoms with E-state index in [2.05, 4.69) is 20.9 Å². The van der Waals surface area contributed by atoms with E-state index in [1.54, 1.807) is 6.92 Å². The van der Waals surface area contributed by atoms with Crippen LogP contribution in [0.4, 0.5) is 5.00 Å². The number of aromatic nitrogens is 4. The Bertz CT molecular complexity index is 1280. The largest absolute Gasteiger partial charge is 0.462 e. The van der Waals surface area contributed by atoms with Gasteiger partial charge in [0.05, 0.1) is 18.7 Å². The molecule has 28 heavy (non-hydrogen) atoms. The minimum absolute atomic E-state index is 0.0116. The summed E-state index contributed by atoms with van der Waals surface area (Å²) >= 11 is 4.25. The molecule has 3 heterocycles. The average molecular weight is 467 g/mol. The van der Waals surface area contributed by atoms with Gasteiger partial charge in [0, 0.05) is 19.7 Å². The smallest absolute Gasteiger partial charge is 0.348 e. The second kappa shape index (κ2) is 7.25. The number of hydrogen-bond acceptors (Lipinski definition) is 8. The minimum Gasteiger partial charge on any atom is -0.462 e. The molecule has 0 unspecified atom stereocenters. The maximum absolute atomic E-state index is 12.4. The molecule has 0 radical (unpaired) electrons. The highest BCUT2D eigenvalue weighted by Gasteiger charge is 2.25. The number of nitrogen functional groups attached to an aromatic ring is 1. The molecule has 0 amide bonds. The zero-order chi connectivity index (χ0) is 20.7. The summed E-state index contributed by atoms with van der Waals surface area (Å²) in [5, 5.41) is 9.68. The lowest BCUT2D eigenvalue weighted by atomic mass is 10.1. The fourth-order valence-corrected chi connectivity index (χ4v) is 4.27. The first kappa shape index (κ1) is 19.8. The summed E-state index contributed by atoms with van der Waals surface area (Å²) in [6.45, 7) is 1.83. The van der Waals surface area contributed by atoms with Crippen LogP contribution in [0, 0.1) is 11.3 Å². The number of esters is 1. The maximum atomic E-state index is 12.4. The highest BCUT2D eigenvalue weighted by atomic mass is 79.9. The Labute approximate surface area is 170 Å². The van der Waals surface area contributed by atoms with Gasteiger partial charge in [-0.25, -0.2) is 14.6 Å². The standard InChI is InChI=1S/C16H15BrN6O4S/c1-4-27-14(25)10-8(7(5-18)11(19)28-10)6-23-12-9(20-15(23)17)13(24)22(3)16(26)21(12)2/h4,6,19H2,1-3H3. The topological polar surface area (TPSA) is 138 Å². The quantitative estimate of drug-likeness (QED) is 0.445. The van der Waals surface area contributed by atoms with Gasteiger partial charge in [0.25, 0.3) is 5.56 Å². The summed E-state index contributed by atoms with van der Waals surface area (Å²) in [6.07, 6.45) is 0. The van der Waals surface area contributed by atoms with Gasteiger partial charge < -0.3 is 10.5 Å². The molecule has 146 valence electrons.